The number of aryl methyl sites for hydroxylation is 1. The van der Waals surface area contributed by atoms with Crippen molar-refractivity contribution in [1.29, 1.82) is 0 Å². The molecular weight excluding hydrogens is 421 g/mol. The molecule has 3 heterocycles. The van der Waals surface area contributed by atoms with Gasteiger partial charge in [-0.2, -0.15) is 0 Å². The summed E-state index contributed by atoms with van der Waals surface area (Å²) in [5, 5.41) is 12.9. The average molecular weight is 435 g/mol. The van der Waals surface area contributed by atoms with Crippen molar-refractivity contribution in [2.45, 2.75) is 35.9 Å². The largest absolute Gasteiger partial charge is 0.550 e. The maximum absolute atomic E-state index is 14.0. The Labute approximate surface area is 161 Å². The Hall–Kier alpha value is -1.93. The molecule has 0 N–H and O–H groups in total. The molecule has 0 amide bonds. The maximum atomic E-state index is 14.0. The monoisotopic (exact) mass is 434 g/mol. The van der Waals surface area contributed by atoms with E-state index in [2.05, 4.69) is 25.9 Å². The molecule has 2 atom stereocenters. The number of carbonyl (C=O) groups excluding carboxylic acids is 1. The number of carboxylic acid groups (broad SMARTS) is 1. The number of hydrogen-bond donors (Lipinski definition) is 0. The van der Waals surface area contributed by atoms with Crippen molar-refractivity contribution in [3.63, 3.8) is 0 Å². The van der Waals surface area contributed by atoms with Crippen LogP contribution in [0, 0.1) is 11.7 Å². The lowest BCUT2D eigenvalue weighted by atomic mass is 9.90. The Bertz CT molecular complexity index is 1010. The van der Waals surface area contributed by atoms with Crippen molar-refractivity contribution < 1.29 is 14.3 Å². The topological polar surface area (TPSA) is 70.8 Å². The first-order chi connectivity index (χ1) is 12.5. The molecule has 2 unspecified atom stereocenters. The van der Waals surface area contributed by atoms with Crippen LogP contribution < -0.4 is 5.11 Å². The summed E-state index contributed by atoms with van der Waals surface area (Å²) in [6, 6.07) is 4.65. The summed E-state index contributed by atoms with van der Waals surface area (Å²) in [6.07, 6.45) is 3.99. The zero-order valence-electron chi connectivity index (χ0n) is 13.8. The molecule has 1 aliphatic heterocycles. The zero-order chi connectivity index (χ0) is 18.4. The van der Waals surface area contributed by atoms with Crippen molar-refractivity contribution >= 4 is 44.6 Å². The van der Waals surface area contributed by atoms with Crippen LogP contribution in [-0.2, 0) is 11.3 Å². The summed E-state index contributed by atoms with van der Waals surface area (Å²) in [4.78, 5) is 20.9. The van der Waals surface area contributed by atoms with E-state index in [4.69, 9.17) is 0 Å². The molecule has 2 aromatic heterocycles. The van der Waals surface area contributed by atoms with Crippen LogP contribution >= 0.6 is 27.7 Å². The number of rotatable bonds is 4. The van der Waals surface area contributed by atoms with Crippen LogP contribution in [0.4, 0.5) is 4.39 Å². The highest BCUT2D eigenvalue weighted by molar-refractivity contribution is 9.10. The van der Waals surface area contributed by atoms with Gasteiger partial charge >= 0.3 is 0 Å². The number of halogens is 2. The molecule has 1 aromatic carbocycles. The predicted octanol–water partition coefficient (Wildman–Crippen LogP) is 3.36. The molecular formula is C18H14BrFN3O2S-. The van der Waals surface area contributed by atoms with Crippen molar-refractivity contribution in [3.8, 4) is 0 Å². The van der Waals surface area contributed by atoms with E-state index in [0.29, 0.717) is 22.6 Å². The van der Waals surface area contributed by atoms with Gasteiger partial charge in [-0.05, 0) is 52.3 Å². The first kappa shape index (κ1) is 17.5. The highest BCUT2D eigenvalue weighted by atomic mass is 79.9. The summed E-state index contributed by atoms with van der Waals surface area (Å²) in [5.74, 6) is -2.26. The van der Waals surface area contributed by atoms with Crippen molar-refractivity contribution in [3.05, 3.63) is 46.6 Å². The van der Waals surface area contributed by atoms with Gasteiger partial charge in [0.1, 0.15) is 5.82 Å². The van der Waals surface area contributed by atoms with Crippen LogP contribution in [0.5, 0.6) is 0 Å². The van der Waals surface area contributed by atoms with E-state index in [-0.39, 0.29) is 11.7 Å². The first-order valence-corrected chi connectivity index (χ1v) is 9.75. The Morgan fingerprint density at radius 1 is 1.42 bits per heavy atom. The second kappa shape index (κ2) is 6.66. The highest BCUT2D eigenvalue weighted by Gasteiger charge is 2.34. The molecule has 0 bridgehead atoms. The van der Waals surface area contributed by atoms with Crippen LogP contribution in [0.25, 0.3) is 10.9 Å². The van der Waals surface area contributed by atoms with Gasteiger partial charge < -0.3 is 14.5 Å². The van der Waals surface area contributed by atoms with Gasteiger partial charge in [0.25, 0.3) is 0 Å². The van der Waals surface area contributed by atoms with Crippen LogP contribution in [-0.4, -0.2) is 20.5 Å². The van der Waals surface area contributed by atoms with Gasteiger partial charge in [-0.15, -0.1) is 0 Å². The van der Waals surface area contributed by atoms with Crippen LogP contribution in [0.2, 0.25) is 0 Å². The average Bonchev–Trinajstić information content (AvgIpc) is 3.15. The van der Waals surface area contributed by atoms with Gasteiger partial charge in [-0.25, -0.2) is 14.4 Å². The lowest BCUT2D eigenvalue weighted by Gasteiger charge is -2.21. The molecule has 0 radical (unpaired) electrons. The summed E-state index contributed by atoms with van der Waals surface area (Å²) < 4.78 is 16.7. The fraction of sp³-hybridized carbons (Fsp3) is 0.278. The lowest BCUT2D eigenvalue weighted by molar-refractivity contribution is -0.311. The van der Waals surface area contributed by atoms with E-state index in [0.717, 1.165) is 21.5 Å². The standard InChI is InChI=1S/C18H15BrFN3O2S/c1-9(17(24)25)11-3-6-23-13-8-10(20)7-12(19)14(13)16(15(11)23)26-18-21-4-2-5-22-18/h2,4-5,7-9,11H,3,6H2,1H3,(H,24,25)/p-1. The van der Waals surface area contributed by atoms with Crippen LogP contribution in [0.3, 0.4) is 0 Å². The molecule has 8 heteroatoms. The molecule has 0 saturated carbocycles. The maximum Gasteiger partial charge on any atom is 0.192 e. The van der Waals surface area contributed by atoms with Crippen molar-refractivity contribution in [2.24, 2.45) is 5.92 Å². The van der Waals surface area contributed by atoms with E-state index in [1.807, 2.05) is 4.57 Å². The number of aliphatic carboxylic acids is 1. The van der Waals surface area contributed by atoms with Crippen molar-refractivity contribution in [2.75, 3.05) is 0 Å². The normalized spacial score (nSPS) is 17.4. The Balaban J connectivity index is 1.96. The van der Waals surface area contributed by atoms with E-state index in [9.17, 15) is 14.3 Å². The van der Waals surface area contributed by atoms with Gasteiger partial charge in [-0.1, -0.05) is 6.92 Å². The second-order valence-corrected chi connectivity index (χ2v) is 8.12. The molecule has 0 saturated heterocycles. The molecule has 134 valence electrons. The van der Waals surface area contributed by atoms with Gasteiger partial charge in [0, 0.05) is 57.2 Å². The Morgan fingerprint density at radius 2 is 2.15 bits per heavy atom. The molecule has 4 rings (SSSR count). The smallest absolute Gasteiger partial charge is 0.192 e. The number of nitrogens with zero attached hydrogens (tertiary/aromatic N) is 3. The third-order valence-electron chi connectivity index (χ3n) is 4.80. The lowest BCUT2D eigenvalue weighted by Crippen LogP contribution is -2.32. The number of hydrogen-bond acceptors (Lipinski definition) is 5. The number of benzene rings is 1. The number of fused-ring (bicyclic) bond motifs is 3. The molecule has 3 aromatic rings. The number of carbonyl (C=O) groups is 1. The van der Waals surface area contributed by atoms with E-state index in [1.165, 1.54) is 23.9 Å². The molecule has 5 nitrogen and oxygen atoms in total. The minimum absolute atomic E-state index is 0.200. The number of carboxylic acids is 1. The predicted molar refractivity (Wildman–Crippen MR) is 97.3 cm³/mol. The minimum Gasteiger partial charge on any atom is -0.550 e. The molecule has 0 spiro atoms. The first-order valence-electron chi connectivity index (χ1n) is 8.14. The van der Waals surface area contributed by atoms with Crippen molar-refractivity contribution in [1.82, 2.24) is 14.5 Å². The molecule has 0 aliphatic carbocycles. The Kier molecular flexibility index (Phi) is 4.48. The molecule has 0 fully saturated rings. The summed E-state index contributed by atoms with van der Waals surface area (Å²) in [5.41, 5.74) is 1.64. The van der Waals surface area contributed by atoms with Gasteiger partial charge in [0.05, 0.1) is 5.52 Å². The van der Waals surface area contributed by atoms with Crippen LogP contribution in [0.1, 0.15) is 25.0 Å². The second-order valence-electron chi connectivity index (χ2n) is 6.28. The summed E-state index contributed by atoms with van der Waals surface area (Å²) in [7, 11) is 0. The van der Waals surface area contributed by atoms with Gasteiger partial charge in [0.2, 0.25) is 0 Å². The third-order valence-corrected chi connectivity index (χ3v) is 6.44. The van der Waals surface area contributed by atoms with E-state index >= 15 is 0 Å². The summed E-state index contributed by atoms with van der Waals surface area (Å²) >= 11 is 4.84. The van der Waals surface area contributed by atoms with E-state index in [1.54, 1.807) is 25.4 Å². The quantitative estimate of drug-likeness (QED) is 0.588. The SMILES string of the molecule is CC(C(=O)[O-])C1CCn2c1c(Sc1ncccn1)c1c(Br)cc(F)cc12. The van der Waals surface area contributed by atoms with Gasteiger partial charge in [0.15, 0.2) is 5.16 Å². The third kappa shape index (κ3) is 2.81. The number of aromatic nitrogens is 3. The van der Waals surface area contributed by atoms with Crippen LogP contribution in [0.15, 0.2) is 45.1 Å². The van der Waals surface area contributed by atoms with E-state index < -0.39 is 11.9 Å². The Morgan fingerprint density at radius 3 is 2.85 bits per heavy atom. The fourth-order valence-electron chi connectivity index (χ4n) is 3.58. The summed E-state index contributed by atoms with van der Waals surface area (Å²) in [6.45, 7) is 2.30. The van der Waals surface area contributed by atoms with Gasteiger partial charge in [-0.3, -0.25) is 0 Å². The highest BCUT2D eigenvalue weighted by Crippen LogP contribution is 2.49. The minimum atomic E-state index is -1.08. The molecule has 1 aliphatic rings. The zero-order valence-corrected chi connectivity index (χ0v) is 16.2. The molecule has 26 heavy (non-hydrogen) atoms. The fourth-order valence-corrected chi connectivity index (χ4v) is 5.42.